The molecule has 13 rings (SSSR count). The molecule has 5 heterocycles. The van der Waals surface area contributed by atoms with Gasteiger partial charge in [0, 0.05) is 60.1 Å². The molecule has 2 aliphatic rings. The third-order valence-electron chi connectivity index (χ3n) is 11.7. The summed E-state index contributed by atoms with van der Waals surface area (Å²) < 4.78 is 22.3. The molecule has 4 nitrogen and oxygen atoms in total. The van der Waals surface area contributed by atoms with Crippen molar-refractivity contribution >= 4 is 82.0 Å². The number of aromatic nitrogens is 1. The van der Waals surface area contributed by atoms with Gasteiger partial charge in [0.2, 0.25) is 0 Å². The highest BCUT2D eigenvalue weighted by Gasteiger charge is 2.34. The molecule has 1 unspecified atom stereocenters. The number of furan rings is 2. The standard InChI is InChI=1S/C48H27NO3/c1-4-13-40-30(8-1)35-12-7-11-29(46(35)50-40)27-18-16-26(17-19-27)28-24-38-33-20-22-36-31-9-2-5-14-41(31)51-47(36)44(33)49-43(38)39(25-28)34-21-23-37-32-10-3-6-15-42(32)52-48(37)45(34)49/h1-9,11-25,32H,10H2. The lowest BCUT2D eigenvalue weighted by molar-refractivity contribution is 0.428. The Bertz CT molecular complexity index is 3400. The second-order valence-electron chi connectivity index (χ2n) is 14.3. The number of hydrogen-bond donors (Lipinski definition) is 0. The highest BCUT2D eigenvalue weighted by atomic mass is 16.5. The first kappa shape index (κ1) is 27.0. The molecule has 0 N–H and O–H groups in total. The Kier molecular flexibility index (Phi) is 4.94. The Labute approximate surface area is 296 Å². The lowest BCUT2D eigenvalue weighted by atomic mass is 9.91. The summed E-state index contributed by atoms with van der Waals surface area (Å²) in [5.41, 5.74) is 12.9. The van der Waals surface area contributed by atoms with Crippen LogP contribution in [0.2, 0.25) is 0 Å². The van der Waals surface area contributed by atoms with Gasteiger partial charge in [0.15, 0.2) is 11.3 Å². The summed E-state index contributed by atoms with van der Waals surface area (Å²) in [5.74, 6) is 2.24. The third-order valence-corrected chi connectivity index (χ3v) is 11.7. The van der Waals surface area contributed by atoms with Crippen LogP contribution in [0.1, 0.15) is 17.9 Å². The minimum Gasteiger partial charge on any atom is -0.459 e. The van der Waals surface area contributed by atoms with Crippen LogP contribution in [0.15, 0.2) is 160 Å². The van der Waals surface area contributed by atoms with E-state index in [0.717, 1.165) is 89.5 Å². The molecule has 4 aromatic heterocycles. The third kappa shape index (κ3) is 3.32. The number of ether oxygens (including phenoxy) is 1. The van der Waals surface area contributed by atoms with Crippen molar-refractivity contribution in [1.82, 2.24) is 4.40 Å². The minimum atomic E-state index is 0.247. The van der Waals surface area contributed by atoms with Gasteiger partial charge in [-0.25, -0.2) is 0 Å². The second-order valence-corrected chi connectivity index (χ2v) is 14.3. The van der Waals surface area contributed by atoms with Crippen LogP contribution >= 0.6 is 0 Å². The topological polar surface area (TPSA) is 39.9 Å². The number of allylic oxidation sites excluding steroid dienone is 4. The number of para-hydroxylation sites is 3. The van der Waals surface area contributed by atoms with Gasteiger partial charge in [-0.3, -0.25) is 0 Å². The monoisotopic (exact) mass is 665 g/mol. The van der Waals surface area contributed by atoms with Crippen molar-refractivity contribution < 1.29 is 13.6 Å². The molecule has 52 heavy (non-hydrogen) atoms. The van der Waals surface area contributed by atoms with Crippen molar-refractivity contribution in [2.75, 3.05) is 0 Å². The predicted molar refractivity (Wildman–Crippen MR) is 212 cm³/mol. The van der Waals surface area contributed by atoms with Crippen LogP contribution in [0.25, 0.3) is 104 Å². The summed E-state index contributed by atoms with van der Waals surface area (Å²) in [6.45, 7) is 0. The molecule has 0 radical (unpaired) electrons. The van der Waals surface area contributed by atoms with E-state index in [2.05, 4.69) is 132 Å². The van der Waals surface area contributed by atoms with E-state index in [4.69, 9.17) is 13.6 Å². The van der Waals surface area contributed by atoms with Gasteiger partial charge in [-0.15, -0.1) is 0 Å². The fourth-order valence-electron chi connectivity index (χ4n) is 9.34. The van der Waals surface area contributed by atoms with E-state index in [9.17, 15) is 0 Å². The van der Waals surface area contributed by atoms with Crippen molar-refractivity contribution in [2.24, 2.45) is 0 Å². The number of rotatable bonds is 2. The molecule has 0 fully saturated rings. The van der Waals surface area contributed by atoms with E-state index >= 15 is 0 Å². The maximum absolute atomic E-state index is 6.78. The lowest BCUT2D eigenvalue weighted by Gasteiger charge is -2.10. The van der Waals surface area contributed by atoms with Crippen LogP contribution in [0.4, 0.5) is 0 Å². The van der Waals surface area contributed by atoms with Gasteiger partial charge < -0.3 is 18.0 Å². The molecular formula is C48H27NO3. The van der Waals surface area contributed by atoms with E-state index in [1.165, 1.54) is 38.2 Å². The van der Waals surface area contributed by atoms with Crippen molar-refractivity contribution in [3.63, 3.8) is 0 Å². The van der Waals surface area contributed by atoms with Gasteiger partial charge in [0.1, 0.15) is 22.5 Å². The second kappa shape index (κ2) is 9.51. The average molecular weight is 666 g/mol. The van der Waals surface area contributed by atoms with Gasteiger partial charge >= 0.3 is 0 Å². The van der Waals surface area contributed by atoms with Crippen LogP contribution in [0.5, 0.6) is 5.75 Å². The maximum Gasteiger partial charge on any atom is 0.160 e. The van der Waals surface area contributed by atoms with Crippen molar-refractivity contribution in [1.29, 1.82) is 0 Å². The first-order valence-electron chi connectivity index (χ1n) is 17.9. The van der Waals surface area contributed by atoms with Gasteiger partial charge in [0.25, 0.3) is 0 Å². The largest absolute Gasteiger partial charge is 0.459 e. The fraction of sp³-hybridized carbons (Fsp3) is 0.0417. The van der Waals surface area contributed by atoms with Crippen LogP contribution in [0.3, 0.4) is 0 Å². The summed E-state index contributed by atoms with van der Waals surface area (Å²) in [7, 11) is 0. The Balaban J connectivity index is 1.08. The maximum atomic E-state index is 6.78. The molecular weight excluding hydrogens is 639 g/mol. The Morgan fingerprint density at radius 3 is 1.96 bits per heavy atom. The molecule has 7 aromatic carbocycles. The summed E-state index contributed by atoms with van der Waals surface area (Å²) >= 11 is 0. The summed E-state index contributed by atoms with van der Waals surface area (Å²) in [5, 5.41) is 9.34. The number of fused-ring (bicyclic) bond motifs is 17. The molecule has 0 saturated carbocycles. The van der Waals surface area contributed by atoms with Gasteiger partial charge in [-0.05, 0) is 59.5 Å². The zero-order valence-corrected chi connectivity index (χ0v) is 27.8. The molecule has 0 bridgehead atoms. The predicted octanol–water partition coefficient (Wildman–Crippen LogP) is 13.3. The zero-order valence-electron chi connectivity index (χ0n) is 27.8. The van der Waals surface area contributed by atoms with Crippen molar-refractivity contribution in [3.05, 3.63) is 157 Å². The lowest BCUT2D eigenvalue weighted by Crippen LogP contribution is -1.99. The summed E-state index contributed by atoms with van der Waals surface area (Å²) in [4.78, 5) is 0. The van der Waals surface area contributed by atoms with Gasteiger partial charge in [-0.2, -0.15) is 0 Å². The summed E-state index contributed by atoms with van der Waals surface area (Å²) in [6.07, 6.45) is 7.43. The molecule has 0 spiro atoms. The normalized spacial score (nSPS) is 15.6. The molecule has 0 saturated heterocycles. The Morgan fingerprint density at radius 2 is 1.15 bits per heavy atom. The van der Waals surface area contributed by atoms with Crippen molar-refractivity contribution in [3.8, 4) is 28.0 Å². The first-order valence-corrected chi connectivity index (χ1v) is 17.9. The molecule has 1 aliphatic carbocycles. The minimum absolute atomic E-state index is 0.247. The number of benzene rings is 7. The molecule has 242 valence electrons. The molecule has 0 amide bonds. The van der Waals surface area contributed by atoms with Gasteiger partial charge in [0.05, 0.1) is 16.6 Å². The average Bonchev–Trinajstić information content (AvgIpc) is 4.00. The molecule has 1 aliphatic heterocycles. The molecule has 1 atom stereocenters. The van der Waals surface area contributed by atoms with Crippen LogP contribution in [0, 0.1) is 0 Å². The fourth-order valence-corrected chi connectivity index (χ4v) is 9.34. The SMILES string of the molecule is C1=CCC2C(=C1)Oc1c2ccc2c3cc(-c4ccc(-c5cccc6c5oc5ccccc56)cc4)cc4c5ccc6c7ccccc7oc6c5n(c12)c34. The Morgan fingerprint density at radius 1 is 0.500 bits per heavy atom. The van der Waals surface area contributed by atoms with Crippen molar-refractivity contribution in [2.45, 2.75) is 12.3 Å². The van der Waals surface area contributed by atoms with E-state index < -0.39 is 0 Å². The highest BCUT2D eigenvalue weighted by molar-refractivity contribution is 6.29. The first-order chi connectivity index (χ1) is 25.8. The van der Waals surface area contributed by atoms with Crippen LogP contribution in [-0.4, -0.2) is 4.40 Å². The van der Waals surface area contributed by atoms with Crippen LogP contribution in [-0.2, 0) is 0 Å². The molecule has 11 aromatic rings. The van der Waals surface area contributed by atoms with E-state index in [1.807, 2.05) is 18.2 Å². The number of nitrogens with zero attached hydrogens (tertiary/aromatic N) is 1. The quantitative estimate of drug-likeness (QED) is 0.184. The molecule has 4 heteroatoms. The Hall–Kier alpha value is -6.78. The van der Waals surface area contributed by atoms with Gasteiger partial charge in [-0.1, -0.05) is 109 Å². The van der Waals surface area contributed by atoms with E-state index in [0.29, 0.717) is 0 Å². The van der Waals surface area contributed by atoms with Crippen LogP contribution < -0.4 is 4.74 Å². The summed E-state index contributed by atoms with van der Waals surface area (Å²) in [6, 6.07) is 45.8. The number of hydrogen-bond acceptors (Lipinski definition) is 3. The van der Waals surface area contributed by atoms with E-state index in [-0.39, 0.29) is 5.92 Å². The highest BCUT2D eigenvalue weighted by Crippen LogP contribution is 2.53. The van der Waals surface area contributed by atoms with E-state index in [1.54, 1.807) is 0 Å². The smallest absolute Gasteiger partial charge is 0.160 e. The zero-order chi connectivity index (χ0) is 33.7.